The molecule has 0 bridgehead atoms. The Hall–Kier alpha value is -3.89. The number of carboxylic acids is 1. The maximum Gasteiger partial charge on any atom is 0.326 e. The standard InChI is InChI=1S/C31H36N4O5S/c1-23-9-15-27(16-10-23)41(39,40)35-17-5-8-29(35)30(36)32-28(31(37)38)22-24-11-13-26(14-12-24)34-20-18-33(19-21-34)25-6-3-2-4-7-25/h2-4,6-7,9-16,28-29H,5,8,17-22H2,1H3,(H,32,36)(H,37,38)/t28-,29-/m0/s1. The zero-order chi connectivity index (χ0) is 29.0. The van der Waals surface area contributed by atoms with Crippen LogP contribution in [0.2, 0.25) is 0 Å². The Morgan fingerprint density at radius 1 is 0.854 bits per heavy atom. The van der Waals surface area contributed by atoms with Gasteiger partial charge in [-0.05, 0) is 61.7 Å². The van der Waals surface area contributed by atoms with Gasteiger partial charge >= 0.3 is 5.97 Å². The topological polar surface area (TPSA) is 110 Å². The number of rotatable bonds is 9. The summed E-state index contributed by atoms with van der Waals surface area (Å²) in [7, 11) is -3.88. The second kappa shape index (κ2) is 12.3. The van der Waals surface area contributed by atoms with E-state index >= 15 is 0 Å². The summed E-state index contributed by atoms with van der Waals surface area (Å²) >= 11 is 0. The predicted octanol–water partition coefficient (Wildman–Crippen LogP) is 3.29. The highest BCUT2D eigenvalue weighted by Crippen LogP contribution is 2.27. The van der Waals surface area contributed by atoms with Crippen molar-refractivity contribution in [3.05, 3.63) is 90.0 Å². The number of sulfonamides is 1. The van der Waals surface area contributed by atoms with Gasteiger partial charge in [0.15, 0.2) is 0 Å². The number of nitrogens with zero attached hydrogens (tertiary/aromatic N) is 3. The van der Waals surface area contributed by atoms with Crippen LogP contribution in [0.1, 0.15) is 24.0 Å². The van der Waals surface area contributed by atoms with Crippen LogP contribution in [0.5, 0.6) is 0 Å². The Labute approximate surface area is 241 Å². The number of carbonyl (C=O) groups is 2. The van der Waals surface area contributed by atoms with E-state index in [-0.39, 0.29) is 17.9 Å². The number of para-hydroxylation sites is 1. The Morgan fingerprint density at radius 2 is 1.44 bits per heavy atom. The molecule has 2 fully saturated rings. The lowest BCUT2D eigenvalue weighted by Crippen LogP contribution is -2.51. The first-order valence-electron chi connectivity index (χ1n) is 14.0. The zero-order valence-electron chi connectivity index (χ0n) is 23.1. The molecule has 2 aliphatic rings. The Balaban J connectivity index is 1.20. The molecule has 10 heteroatoms. The Kier molecular flexibility index (Phi) is 8.60. The second-order valence-electron chi connectivity index (χ2n) is 10.7. The SMILES string of the molecule is Cc1ccc(S(=O)(=O)N2CCC[C@H]2C(=O)N[C@@H](Cc2ccc(N3CCN(c4ccccc4)CC3)cc2)C(=O)O)cc1. The van der Waals surface area contributed by atoms with E-state index in [0.717, 1.165) is 43.0 Å². The van der Waals surface area contributed by atoms with Crippen molar-refractivity contribution in [3.8, 4) is 0 Å². The van der Waals surface area contributed by atoms with Crippen molar-refractivity contribution in [1.29, 1.82) is 0 Å². The van der Waals surface area contributed by atoms with Crippen molar-refractivity contribution in [1.82, 2.24) is 9.62 Å². The summed E-state index contributed by atoms with van der Waals surface area (Å²) in [5.41, 5.74) is 4.00. The first-order valence-corrected chi connectivity index (χ1v) is 15.4. The number of amides is 1. The van der Waals surface area contributed by atoms with E-state index in [1.807, 2.05) is 49.4 Å². The summed E-state index contributed by atoms with van der Waals surface area (Å²) < 4.78 is 27.7. The largest absolute Gasteiger partial charge is 0.480 e. The van der Waals surface area contributed by atoms with Crippen LogP contribution in [0.25, 0.3) is 0 Å². The average molecular weight is 577 g/mol. The highest BCUT2D eigenvalue weighted by Gasteiger charge is 2.40. The number of hydrogen-bond acceptors (Lipinski definition) is 6. The van der Waals surface area contributed by atoms with E-state index in [2.05, 4.69) is 27.2 Å². The number of aryl methyl sites for hydroxylation is 1. The van der Waals surface area contributed by atoms with Crippen molar-refractivity contribution in [3.63, 3.8) is 0 Å². The fourth-order valence-electron chi connectivity index (χ4n) is 5.54. The number of aliphatic carboxylic acids is 1. The third kappa shape index (κ3) is 6.55. The molecule has 0 aliphatic carbocycles. The molecule has 0 unspecified atom stereocenters. The molecule has 3 aromatic carbocycles. The molecule has 5 rings (SSSR count). The molecular weight excluding hydrogens is 540 g/mol. The molecule has 216 valence electrons. The summed E-state index contributed by atoms with van der Waals surface area (Å²) in [6, 6.07) is 22.5. The number of nitrogens with one attached hydrogen (secondary N) is 1. The maximum absolute atomic E-state index is 13.2. The molecule has 41 heavy (non-hydrogen) atoms. The minimum absolute atomic E-state index is 0.0978. The van der Waals surface area contributed by atoms with Crippen molar-refractivity contribution < 1.29 is 23.1 Å². The second-order valence-corrected chi connectivity index (χ2v) is 12.6. The number of piperazine rings is 1. The van der Waals surface area contributed by atoms with E-state index in [4.69, 9.17) is 0 Å². The summed E-state index contributed by atoms with van der Waals surface area (Å²) in [6.45, 7) is 5.67. The number of carboxylic acid groups (broad SMARTS) is 1. The van der Waals surface area contributed by atoms with Gasteiger partial charge in [0, 0.05) is 50.5 Å². The first-order chi connectivity index (χ1) is 19.7. The summed E-state index contributed by atoms with van der Waals surface area (Å²) in [5.74, 6) is -1.75. The van der Waals surface area contributed by atoms with Gasteiger partial charge in [-0.25, -0.2) is 13.2 Å². The van der Waals surface area contributed by atoms with E-state index < -0.39 is 34.0 Å². The van der Waals surface area contributed by atoms with Gasteiger partial charge in [-0.15, -0.1) is 0 Å². The predicted molar refractivity (Wildman–Crippen MR) is 159 cm³/mol. The molecule has 2 saturated heterocycles. The van der Waals surface area contributed by atoms with Crippen molar-refractivity contribution in [2.45, 2.75) is 43.2 Å². The van der Waals surface area contributed by atoms with E-state index in [9.17, 15) is 23.1 Å². The molecule has 9 nitrogen and oxygen atoms in total. The van der Waals surface area contributed by atoms with Crippen LogP contribution >= 0.6 is 0 Å². The maximum atomic E-state index is 13.2. The molecule has 0 radical (unpaired) electrons. The fraction of sp³-hybridized carbons (Fsp3) is 0.355. The third-order valence-corrected chi connectivity index (χ3v) is 9.81. The van der Waals surface area contributed by atoms with E-state index in [1.54, 1.807) is 12.1 Å². The fourth-order valence-corrected chi connectivity index (χ4v) is 7.20. The molecule has 0 aromatic heterocycles. The molecule has 2 aliphatic heterocycles. The van der Waals surface area contributed by atoms with E-state index in [0.29, 0.717) is 12.8 Å². The number of hydrogen-bond donors (Lipinski definition) is 2. The summed E-state index contributed by atoms with van der Waals surface area (Å²) in [5, 5.41) is 12.5. The van der Waals surface area contributed by atoms with Crippen LogP contribution < -0.4 is 15.1 Å². The van der Waals surface area contributed by atoms with Crippen molar-refractivity contribution in [2.24, 2.45) is 0 Å². The number of benzene rings is 3. The zero-order valence-corrected chi connectivity index (χ0v) is 24.0. The lowest BCUT2D eigenvalue weighted by Gasteiger charge is -2.37. The first kappa shape index (κ1) is 28.6. The van der Waals surface area contributed by atoms with Gasteiger partial charge < -0.3 is 20.2 Å². The normalized spacial score (nSPS) is 18.7. The third-order valence-electron chi connectivity index (χ3n) is 7.89. The molecule has 2 N–H and O–H groups in total. The molecular formula is C31H36N4O5S. The quantitative estimate of drug-likeness (QED) is 0.402. The molecule has 1 amide bonds. The van der Waals surface area contributed by atoms with Gasteiger partial charge in [0.2, 0.25) is 15.9 Å². The van der Waals surface area contributed by atoms with Gasteiger partial charge in [0.25, 0.3) is 0 Å². The highest BCUT2D eigenvalue weighted by atomic mass is 32.2. The highest BCUT2D eigenvalue weighted by molar-refractivity contribution is 7.89. The Morgan fingerprint density at radius 3 is 2.02 bits per heavy atom. The van der Waals surface area contributed by atoms with Gasteiger partial charge in [-0.1, -0.05) is 48.0 Å². The summed E-state index contributed by atoms with van der Waals surface area (Å²) in [6.07, 6.45) is 0.970. The van der Waals surface area contributed by atoms with Gasteiger partial charge in [0.05, 0.1) is 4.90 Å². The van der Waals surface area contributed by atoms with Gasteiger partial charge in [-0.3, -0.25) is 4.79 Å². The monoisotopic (exact) mass is 576 g/mol. The van der Waals surface area contributed by atoms with Crippen LogP contribution in [0.3, 0.4) is 0 Å². The van der Waals surface area contributed by atoms with Crippen LogP contribution in [-0.4, -0.2) is 74.5 Å². The molecule has 0 spiro atoms. The van der Waals surface area contributed by atoms with Crippen molar-refractivity contribution in [2.75, 3.05) is 42.5 Å². The van der Waals surface area contributed by atoms with Crippen LogP contribution in [0.15, 0.2) is 83.8 Å². The van der Waals surface area contributed by atoms with Gasteiger partial charge in [0.1, 0.15) is 12.1 Å². The molecule has 2 atom stereocenters. The molecule has 3 aromatic rings. The summed E-state index contributed by atoms with van der Waals surface area (Å²) in [4.78, 5) is 30.1. The molecule has 0 saturated carbocycles. The van der Waals surface area contributed by atoms with Crippen LogP contribution in [0, 0.1) is 6.92 Å². The van der Waals surface area contributed by atoms with Gasteiger partial charge in [-0.2, -0.15) is 4.31 Å². The minimum Gasteiger partial charge on any atom is -0.480 e. The van der Waals surface area contributed by atoms with Crippen LogP contribution in [-0.2, 0) is 26.0 Å². The molecule has 2 heterocycles. The Bertz CT molecular complexity index is 1450. The van der Waals surface area contributed by atoms with Crippen LogP contribution in [0.4, 0.5) is 11.4 Å². The number of carbonyl (C=O) groups excluding carboxylic acids is 1. The average Bonchev–Trinajstić information content (AvgIpc) is 3.49. The smallest absolute Gasteiger partial charge is 0.326 e. The van der Waals surface area contributed by atoms with Crippen molar-refractivity contribution >= 4 is 33.3 Å². The lowest BCUT2D eigenvalue weighted by molar-refractivity contribution is -0.142. The van der Waals surface area contributed by atoms with E-state index in [1.165, 1.54) is 22.1 Å². The minimum atomic E-state index is -3.88. The number of anilines is 2. The lowest BCUT2D eigenvalue weighted by atomic mass is 10.0.